The van der Waals surface area contributed by atoms with E-state index >= 15 is 0 Å². The Kier molecular flexibility index (Phi) is 9.11. The minimum atomic E-state index is -0.532. The van der Waals surface area contributed by atoms with Crippen LogP contribution < -0.4 is 15.5 Å². The lowest BCUT2D eigenvalue weighted by Gasteiger charge is -2.39. The summed E-state index contributed by atoms with van der Waals surface area (Å²) in [5.41, 5.74) is 4.19. The van der Waals surface area contributed by atoms with Gasteiger partial charge < -0.3 is 25.2 Å². The van der Waals surface area contributed by atoms with Gasteiger partial charge in [-0.25, -0.2) is 9.31 Å². The van der Waals surface area contributed by atoms with E-state index in [9.17, 15) is 14.9 Å². The second-order valence-electron chi connectivity index (χ2n) is 15.0. The van der Waals surface area contributed by atoms with Crippen molar-refractivity contribution in [2.45, 2.75) is 78.0 Å². The van der Waals surface area contributed by atoms with Crippen LogP contribution in [0.5, 0.6) is 0 Å². The lowest BCUT2D eigenvalue weighted by atomic mass is 9.90. The lowest BCUT2D eigenvalue weighted by Crippen LogP contribution is -2.54. The number of nitrogens with zero attached hydrogens (tertiary/aromatic N) is 8. The number of aromatic nitrogens is 5. The van der Waals surface area contributed by atoms with Crippen LogP contribution in [0.25, 0.3) is 27.5 Å². The van der Waals surface area contributed by atoms with Crippen LogP contribution in [0.1, 0.15) is 65.9 Å². The van der Waals surface area contributed by atoms with E-state index in [1.165, 1.54) is 0 Å². The number of anilines is 2. The van der Waals surface area contributed by atoms with Crippen LogP contribution in [0, 0.1) is 29.1 Å². The highest BCUT2D eigenvalue weighted by molar-refractivity contribution is 7.18. The molecule has 14 heteroatoms. The smallest absolute Gasteiger partial charge is 0.410 e. The zero-order valence-electron chi connectivity index (χ0n) is 29.2. The van der Waals surface area contributed by atoms with Crippen molar-refractivity contribution in [1.82, 2.24) is 35.0 Å². The van der Waals surface area contributed by atoms with Gasteiger partial charge >= 0.3 is 6.09 Å². The van der Waals surface area contributed by atoms with E-state index < -0.39 is 5.60 Å². The van der Waals surface area contributed by atoms with Gasteiger partial charge in [-0.05, 0) is 96.4 Å². The number of hydrogen-bond acceptors (Lipinski definition) is 11. The van der Waals surface area contributed by atoms with Gasteiger partial charge in [0.2, 0.25) is 11.0 Å². The molecule has 13 nitrogen and oxygen atoms in total. The second kappa shape index (κ2) is 13.5. The fourth-order valence-electron chi connectivity index (χ4n) is 7.45. The fourth-order valence-corrected chi connectivity index (χ4v) is 8.34. The van der Waals surface area contributed by atoms with Gasteiger partial charge in [-0.2, -0.15) is 10.4 Å². The molecule has 0 aromatic carbocycles. The van der Waals surface area contributed by atoms with Crippen molar-refractivity contribution in [3.05, 3.63) is 42.2 Å². The molecular weight excluding hydrogens is 653 g/mol. The molecule has 3 atom stereocenters. The number of piperidine rings is 2. The van der Waals surface area contributed by atoms with Gasteiger partial charge in [-0.3, -0.25) is 9.78 Å². The highest BCUT2D eigenvalue weighted by Crippen LogP contribution is 2.42. The molecule has 4 aromatic heterocycles. The molecule has 7 rings (SSSR count). The number of likely N-dealkylation sites (tertiary alicyclic amines) is 1. The number of amides is 2. The zero-order valence-corrected chi connectivity index (χ0v) is 30.0. The van der Waals surface area contributed by atoms with Crippen LogP contribution in [0.3, 0.4) is 0 Å². The van der Waals surface area contributed by atoms with Crippen LogP contribution in [0.4, 0.5) is 15.6 Å². The monoisotopic (exact) mass is 696 g/mol. The molecular formula is C36H44N10O3S. The third kappa shape index (κ3) is 6.96. The maximum Gasteiger partial charge on any atom is 0.410 e. The topological polar surface area (TPSA) is 154 Å². The second-order valence-corrected chi connectivity index (χ2v) is 15.9. The number of rotatable bonds is 7. The van der Waals surface area contributed by atoms with Gasteiger partial charge in [0.1, 0.15) is 11.7 Å². The van der Waals surface area contributed by atoms with Crippen LogP contribution in [0.15, 0.2) is 36.7 Å². The van der Waals surface area contributed by atoms with Crippen molar-refractivity contribution in [2.75, 3.05) is 36.4 Å². The van der Waals surface area contributed by atoms with E-state index in [1.54, 1.807) is 26.9 Å². The molecule has 2 saturated heterocycles. The maximum atomic E-state index is 13.4. The van der Waals surface area contributed by atoms with E-state index in [0.717, 1.165) is 64.2 Å². The first-order valence-electron chi connectivity index (χ1n) is 17.5. The van der Waals surface area contributed by atoms with E-state index in [0.29, 0.717) is 43.3 Å². The summed E-state index contributed by atoms with van der Waals surface area (Å²) in [7, 11) is 0. The summed E-state index contributed by atoms with van der Waals surface area (Å²) in [5.74, 6) is 0.718. The molecule has 0 spiro atoms. The molecule has 2 N–H and O–H groups in total. The Morgan fingerprint density at radius 2 is 1.78 bits per heavy atom. The fraction of sp³-hybridized carbons (Fsp3) is 0.528. The van der Waals surface area contributed by atoms with E-state index in [4.69, 9.17) is 9.72 Å². The van der Waals surface area contributed by atoms with E-state index in [2.05, 4.69) is 50.7 Å². The molecule has 0 unspecified atom stereocenters. The predicted molar refractivity (Wildman–Crippen MR) is 192 cm³/mol. The minimum absolute atomic E-state index is 0.0883. The van der Waals surface area contributed by atoms with Crippen molar-refractivity contribution in [1.29, 1.82) is 5.26 Å². The van der Waals surface area contributed by atoms with E-state index in [-0.39, 0.29) is 30.0 Å². The number of carbonyl (C=O) groups is 2. The molecule has 2 aliphatic heterocycles. The molecule has 3 aliphatic rings. The minimum Gasteiger partial charge on any atom is -0.444 e. The number of carbonyl (C=O) groups excluding carboxylic acids is 2. The number of nitrogens with one attached hydrogen (secondary N) is 2. The molecule has 50 heavy (non-hydrogen) atoms. The number of nitriles is 1. The maximum absolute atomic E-state index is 13.4. The average Bonchev–Trinajstić information content (AvgIpc) is 3.79. The predicted octanol–water partition coefficient (Wildman–Crippen LogP) is 5.58. The third-order valence-electron chi connectivity index (χ3n) is 9.82. The van der Waals surface area contributed by atoms with Gasteiger partial charge in [0.05, 0.1) is 34.2 Å². The van der Waals surface area contributed by atoms with Crippen LogP contribution in [-0.4, -0.2) is 85.6 Å². The number of pyridine rings is 1. The molecule has 1 saturated carbocycles. The molecule has 2 amide bonds. The summed E-state index contributed by atoms with van der Waals surface area (Å²) in [6.07, 6.45) is 6.55. The first kappa shape index (κ1) is 33.7. The van der Waals surface area contributed by atoms with Crippen molar-refractivity contribution in [3.63, 3.8) is 0 Å². The Morgan fingerprint density at radius 3 is 2.46 bits per heavy atom. The summed E-state index contributed by atoms with van der Waals surface area (Å²) < 4.78 is 7.31. The largest absolute Gasteiger partial charge is 0.444 e. The molecule has 0 radical (unpaired) electrons. The lowest BCUT2D eigenvalue weighted by molar-refractivity contribution is -0.127. The summed E-state index contributed by atoms with van der Waals surface area (Å²) in [6.45, 7) is 12.5. The molecule has 1 aliphatic carbocycles. The highest BCUT2D eigenvalue weighted by atomic mass is 32.1. The van der Waals surface area contributed by atoms with Gasteiger partial charge in [0.25, 0.3) is 0 Å². The highest BCUT2D eigenvalue weighted by Gasteiger charge is 2.44. The Hall–Kier alpha value is -4.77. The van der Waals surface area contributed by atoms with Crippen LogP contribution in [0.2, 0.25) is 0 Å². The quantitative estimate of drug-likeness (QED) is 0.250. The molecule has 6 heterocycles. The van der Waals surface area contributed by atoms with Gasteiger partial charge in [0, 0.05) is 56.1 Å². The first-order chi connectivity index (χ1) is 24.0. The van der Waals surface area contributed by atoms with Gasteiger partial charge in [0.15, 0.2) is 5.01 Å². The third-order valence-corrected chi connectivity index (χ3v) is 10.8. The van der Waals surface area contributed by atoms with Crippen molar-refractivity contribution < 1.29 is 14.3 Å². The Labute approximate surface area is 296 Å². The SMILES string of the molecule is CC(C)Nc1cc(-c2ccc3cc(C#N)cnn23)ncc1-c1nnc(N2C[C@H]3CC[C@@H](C2)[C@@H]3NC(=O)C2CCN(C(=O)OC(C)(C)C)CC2)s1. The van der Waals surface area contributed by atoms with Crippen molar-refractivity contribution in [3.8, 4) is 28.0 Å². The first-order valence-corrected chi connectivity index (χ1v) is 18.3. The Bertz CT molecular complexity index is 1920. The number of hydrogen-bond donors (Lipinski definition) is 2. The summed E-state index contributed by atoms with van der Waals surface area (Å²) in [6, 6.07) is 10.2. The number of ether oxygens (including phenoxy) is 1. The summed E-state index contributed by atoms with van der Waals surface area (Å²) in [4.78, 5) is 34.7. The Morgan fingerprint density at radius 1 is 1.04 bits per heavy atom. The van der Waals surface area contributed by atoms with E-state index in [1.807, 2.05) is 51.2 Å². The van der Waals surface area contributed by atoms with Crippen LogP contribution in [-0.2, 0) is 9.53 Å². The molecule has 2 bridgehead atoms. The van der Waals surface area contributed by atoms with Crippen molar-refractivity contribution in [2.24, 2.45) is 17.8 Å². The standard InChI is InChI=1S/C36H44N10O3S/c1-21(2)40-28-15-29(30-9-8-26-14-22(16-37)17-39-46(26)30)38-18-27(28)33-42-43-34(50-33)45-19-24-6-7-25(20-45)31(24)41-32(47)23-10-12-44(13-11-23)35(48)49-36(3,4)5/h8-9,14-15,17-18,21,23-25,31H,6-7,10-13,19-20H2,1-5H3,(H,38,40)(H,41,47)/t24-,25+,31-. The average molecular weight is 697 g/mol. The Balaban J connectivity index is 1.01. The zero-order chi connectivity index (χ0) is 35.2. The van der Waals surface area contributed by atoms with Gasteiger partial charge in [-0.15, -0.1) is 10.2 Å². The van der Waals surface area contributed by atoms with Crippen LogP contribution >= 0.6 is 11.3 Å². The number of fused-ring (bicyclic) bond motifs is 3. The van der Waals surface area contributed by atoms with Gasteiger partial charge in [-0.1, -0.05) is 11.3 Å². The normalized spacial score (nSPS) is 21.0. The molecule has 262 valence electrons. The summed E-state index contributed by atoms with van der Waals surface area (Å²) >= 11 is 1.56. The molecule has 4 aromatic rings. The molecule has 3 fully saturated rings. The van der Waals surface area contributed by atoms with Crippen molar-refractivity contribution >= 4 is 39.7 Å². The summed E-state index contributed by atoms with van der Waals surface area (Å²) in [5, 5.41) is 31.6.